The van der Waals surface area contributed by atoms with E-state index in [1.165, 1.54) is 0 Å². The van der Waals surface area contributed by atoms with Crippen molar-refractivity contribution in [3.05, 3.63) is 46.8 Å². The summed E-state index contributed by atoms with van der Waals surface area (Å²) in [6.45, 7) is 3.37. The van der Waals surface area contributed by atoms with E-state index < -0.39 is 17.6 Å². The molecular formula is C17H21F4IN6. The molecular weight excluding hydrogens is 491 g/mol. The lowest BCUT2D eigenvalue weighted by Gasteiger charge is -2.14. The molecule has 2 aromatic rings. The minimum Gasteiger partial charge on any atom is -0.357 e. The molecule has 0 radical (unpaired) electrons. The molecule has 1 aromatic carbocycles. The van der Waals surface area contributed by atoms with Gasteiger partial charge in [-0.05, 0) is 31.0 Å². The van der Waals surface area contributed by atoms with E-state index in [1.807, 2.05) is 11.5 Å². The van der Waals surface area contributed by atoms with Crippen LogP contribution >= 0.6 is 24.0 Å². The number of aliphatic imine (C=N–C) groups is 1. The van der Waals surface area contributed by atoms with Crippen LogP contribution in [-0.4, -0.2) is 27.3 Å². The highest BCUT2D eigenvalue weighted by Crippen LogP contribution is 2.32. The quantitative estimate of drug-likeness (QED) is 0.280. The van der Waals surface area contributed by atoms with E-state index in [4.69, 9.17) is 0 Å². The number of nitrogens with one attached hydrogen (secondary N) is 2. The molecule has 0 atom stereocenters. The Morgan fingerprint density at radius 2 is 2.04 bits per heavy atom. The average molecular weight is 512 g/mol. The van der Waals surface area contributed by atoms with E-state index >= 15 is 0 Å². The van der Waals surface area contributed by atoms with E-state index in [0.29, 0.717) is 25.1 Å². The van der Waals surface area contributed by atoms with Crippen molar-refractivity contribution in [2.75, 3.05) is 6.54 Å². The Kier molecular flexibility index (Phi) is 7.61. The highest BCUT2D eigenvalue weighted by atomic mass is 127. The van der Waals surface area contributed by atoms with Crippen LogP contribution in [0.25, 0.3) is 0 Å². The summed E-state index contributed by atoms with van der Waals surface area (Å²) in [6, 6.07) is 2.60. The highest BCUT2D eigenvalue weighted by Gasteiger charge is 2.33. The molecule has 11 heteroatoms. The predicted octanol–water partition coefficient (Wildman–Crippen LogP) is 3.26. The summed E-state index contributed by atoms with van der Waals surface area (Å²) in [6.07, 6.45) is -2.72. The lowest BCUT2D eigenvalue weighted by Crippen LogP contribution is -2.37. The number of hydrogen-bond acceptors (Lipinski definition) is 3. The number of nitrogens with zero attached hydrogens (tertiary/aromatic N) is 4. The molecule has 1 aromatic heterocycles. The minimum atomic E-state index is -4.64. The SMILES string of the molecule is CCNC(=NCc1ccc(F)cc1C(F)(F)F)NCc1nnc2n1CCC2.I. The first-order valence-electron chi connectivity index (χ1n) is 8.67. The predicted molar refractivity (Wildman–Crippen MR) is 107 cm³/mol. The van der Waals surface area contributed by atoms with Gasteiger partial charge in [-0.3, -0.25) is 0 Å². The normalized spacial score (nSPS) is 13.8. The molecule has 28 heavy (non-hydrogen) atoms. The van der Waals surface area contributed by atoms with Crippen LogP contribution in [0, 0.1) is 5.82 Å². The Labute approximate surface area is 176 Å². The summed E-state index contributed by atoms with van der Waals surface area (Å²) in [7, 11) is 0. The van der Waals surface area contributed by atoms with E-state index in [-0.39, 0.29) is 36.1 Å². The van der Waals surface area contributed by atoms with E-state index in [0.717, 1.165) is 43.2 Å². The Morgan fingerprint density at radius 1 is 1.25 bits per heavy atom. The Morgan fingerprint density at radius 3 is 2.75 bits per heavy atom. The Balaban J connectivity index is 0.00000280. The van der Waals surface area contributed by atoms with Crippen molar-refractivity contribution in [3.63, 3.8) is 0 Å². The molecule has 0 saturated heterocycles. The van der Waals surface area contributed by atoms with Crippen LogP contribution in [0.2, 0.25) is 0 Å². The minimum absolute atomic E-state index is 0. The van der Waals surface area contributed by atoms with Crippen molar-refractivity contribution in [3.8, 4) is 0 Å². The van der Waals surface area contributed by atoms with Crippen LogP contribution < -0.4 is 10.6 Å². The molecule has 3 rings (SSSR count). The van der Waals surface area contributed by atoms with Gasteiger partial charge >= 0.3 is 6.18 Å². The van der Waals surface area contributed by atoms with Gasteiger partial charge in [0.15, 0.2) is 11.8 Å². The maximum absolute atomic E-state index is 13.2. The van der Waals surface area contributed by atoms with Gasteiger partial charge < -0.3 is 15.2 Å². The van der Waals surface area contributed by atoms with Crippen molar-refractivity contribution < 1.29 is 17.6 Å². The van der Waals surface area contributed by atoms with Gasteiger partial charge in [-0.1, -0.05) is 6.07 Å². The van der Waals surface area contributed by atoms with Crippen molar-refractivity contribution >= 4 is 29.9 Å². The van der Waals surface area contributed by atoms with Gasteiger partial charge in [-0.25, -0.2) is 9.38 Å². The van der Waals surface area contributed by atoms with E-state index in [2.05, 4.69) is 25.8 Å². The third-order valence-electron chi connectivity index (χ3n) is 4.23. The van der Waals surface area contributed by atoms with Crippen LogP contribution in [0.5, 0.6) is 0 Å². The standard InChI is InChI=1S/C17H20F4N6.HI/c1-2-22-16(24-10-15-26-25-14-4-3-7-27(14)15)23-9-11-5-6-12(18)8-13(11)17(19,20)21;/h5-6,8H,2-4,7,9-10H2,1H3,(H2,22,23,24);1H. The average Bonchev–Trinajstić information content (AvgIpc) is 3.21. The van der Waals surface area contributed by atoms with E-state index in [1.54, 1.807) is 0 Å². The van der Waals surface area contributed by atoms with Gasteiger partial charge in [-0.2, -0.15) is 13.2 Å². The third-order valence-corrected chi connectivity index (χ3v) is 4.23. The molecule has 0 amide bonds. The number of rotatable bonds is 5. The fourth-order valence-electron chi connectivity index (χ4n) is 2.96. The first-order chi connectivity index (χ1) is 12.9. The summed E-state index contributed by atoms with van der Waals surface area (Å²) >= 11 is 0. The summed E-state index contributed by atoms with van der Waals surface area (Å²) < 4.78 is 54.5. The fraction of sp³-hybridized carbons (Fsp3) is 0.471. The van der Waals surface area contributed by atoms with Crippen molar-refractivity contribution in [2.45, 2.75) is 45.6 Å². The summed E-state index contributed by atoms with van der Waals surface area (Å²) in [5.74, 6) is 1.12. The summed E-state index contributed by atoms with van der Waals surface area (Å²) in [4.78, 5) is 4.20. The van der Waals surface area contributed by atoms with Gasteiger partial charge in [0.2, 0.25) is 0 Å². The molecule has 2 heterocycles. The van der Waals surface area contributed by atoms with Gasteiger partial charge in [0, 0.05) is 19.5 Å². The molecule has 6 nitrogen and oxygen atoms in total. The second-order valence-corrected chi connectivity index (χ2v) is 6.14. The molecule has 0 aliphatic carbocycles. The number of alkyl halides is 3. The monoisotopic (exact) mass is 512 g/mol. The summed E-state index contributed by atoms with van der Waals surface area (Å²) in [5, 5.41) is 14.3. The van der Waals surface area contributed by atoms with Crippen molar-refractivity contribution in [1.82, 2.24) is 25.4 Å². The first kappa shape index (κ1) is 22.4. The largest absolute Gasteiger partial charge is 0.416 e. The molecule has 0 unspecified atom stereocenters. The molecule has 154 valence electrons. The van der Waals surface area contributed by atoms with Crippen LogP contribution in [0.1, 0.15) is 36.1 Å². The smallest absolute Gasteiger partial charge is 0.357 e. The van der Waals surface area contributed by atoms with Gasteiger partial charge in [0.05, 0.1) is 18.7 Å². The number of benzene rings is 1. The van der Waals surface area contributed by atoms with Crippen LogP contribution in [0.4, 0.5) is 17.6 Å². The molecule has 0 bridgehead atoms. The topological polar surface area (TPSA) is 67.1 Å². The summed E-state index contributed by atoms with van der Waals surface area (Å²) in [5.41, 5.74) is -1.11. The van der Waals surface area contributed by atoms with Gasteiger partial charge in [0.25, 0.3) is 0 Å². The van der Waals surface area contributed by atoms with Gasteiger partial charge in [0.1, 0.15) is 11.6 Å². The number of halogens is 5. The molecule has 0 saturated carbocycles. The maximum atomic E-state index is 13.2. The zero-order chi connectivity index (χ0) is 19.4. The Hall–Kier alpha value is -1.92. The van der Waals surface area contributed by atoms with Crippen LogP contribution in [0.3, 0.4) is 0 Å². The van der Waals surface area contributed by atoms with Crippen molar-refractivity contribution in [1.29, 1.82) is 0 Å². The molecule has 2 N–H and O–H groups in total. The Bertz CT molecular complexity index is 834. The second kappa shape index (κ2) is 9.52. The third kappa shape index (κ3) is 5.32. The van der Waals surface area contributed by atoms with E-state index in [9.17, 15) is 17.6 Å². The molecule has 0 fully saturated rings. The van der Waals surface area contributed by atoms with Crippen LogP contribution in [0.15, 0.2) is 23.2 Å². The number of guanidine groups is 1. The lowest BCUT2D eigenvalue weighted by molar-refractivity contribution is -0.138. The fourth-order valence-corrected chi connectivity index (χ4v) is 2.96. The molecule has 1 aliphatic heterocycles. The second-order valence-electron chi connectivity index (χ2n) is 6.14. The van der Waals surface area contributed by atoms with Crippen LogP contribution in [-0.2, 0) is 32.2 Å². The maximum Gasteiger partial charge on any atom is 0.416 e. The lowest BCUT2D eigenvalue weighted by atomic mass is 10.1. The molecule has 1 aliphatic rings. The zero-order valence-electron chi connectivity index (χ0n) is 15.2. The highest BCUT2D eigenvalue weighted by molar-refractivity contribution is 14.0. The number of aryl methyl sites for hydroxylation is 1. The van der Waals surface area contributed by atoms with Crippen molar-refractivity contribution in [2.24, 2.45) is 4.99 Å². The molecule has 0 spiro atoms. The first-order valence-corrected chi connectivity index (χ1v) is 8.67. The number of aromatic nitrogens is 3. The number of fused-ring (bicyclic) bond motifs is 1. The zero-order valence-corrected chi connectivity index (χ0v) is 17.5. The van der Waals surface area contributed by atoms with Gasteiger partial charge in [-0.15, -0.1) is 34.2 Å². The number of hydrogen-bond donors (Lipinski definition) is 2.